The summed E-state index contributed by atoms with van der Waals surface area (Å²) in [5.74, 6) is 0.745. The van der Waals surface area contributed by atoms with Crippen LogP contribution in [0, 0.1) is 11.7 Å². The summed E-state index contributed by atoms with van der Waals surface area (Å²) in [7, 11) is 0. The highest BCUT2D eigenvalue weighted by Crippen LogP contribution is 2.39. The lowest BCUT2D eigenvalue weighted by Gasteiger charge is -2.34. The standard InChI is InChI=1S/C20H29FN2O/c1-4-22(14(2)16-7-9-18(21)10-8-16)13-20(24)23(19-11-12-19)15(3)17-5-6-17/h7-10,14-15,17,19H,4-6,11-13H2,1-3H3. The second-order valence-electron chi connectivity index (χ2n) is 7.40. The average molecular weight is 332 g/mol. The van der Waals surface area contributed by atoms with Crippen LogP contribution >= 0.6 is 0 Å². The van der Waals surface area contributed by atoms with Crippen molar-refractivity contribution >= 4 is 5.91 Å². The smallest absolute Gasteiger partial charge is 0.237 e. The molecule has 0 heterocycles. The minimum Gasteiger partial charge on any atom is -0.336 e. The third kappa shape index (κ3) is 3.97. The number of carbonyl (C=O) groups excluding carboxylic acids is 1. The second-order valence-corrected chi connectivity index (χ2v) is 7.40. The Morgan fingerprint density at radius 2 is 1.79 bits per heavy atom. The summed E-state index contributed by atoms with van der Waals surface area (Å²) in [6.07, 6.45) is 4.84. The lowest BCUT2D eigenvalue weighted by molar-refractivity contribution is -0.136. The molecule has 0 radical (unpaired) electrons. The number of amides is 1. The van der Waals surface area contributed by atoms with Gasteiger partial charge in [-0.3, -0.25) is 9.69 Å². The third-order valence-electron chi connectivity index (χ3n) is 5.62. The molecule has 0 aliphatic heterocycles. The van der Waals surface area contributed by atoms with Crippen LogP contribution in [0.2, 0.25) is 0 Å². The summed E-state index contributed by atoms with van der Waals surface area (Å²) < 4.78 is 13.1. The molecule has 0 aromatic heterocycles. The molecule has 2 fully saturated rings. The van der Waals surface area contributed by atoms with E-state index in [1.54, 1.807) is 0 Å². The van der Waals surface area contributed by atoms with Crippen molar-refractivity contribution in [3.63, 3.8) is 0 Å². The molecule has 2 aliphatic carbocycles. The van der Waals surface area contributed by atoms with Gasteiger partial charge in [-0.2, -0.15) is 0 Å². The Morgan fingerprint density at radius 1 is 1.17 bits per heavy atom. The van der Waals surface area contributed by atoms with Crippen LogP contribution in [0.15, 0.2) is 24.3 Å². The molecule has 132 valence electrons. The van der Waals surface area contributed by atoms with E-state index in [2.05, 4.69) is 30.6 Å². The van der Waals surface area contributed by atoms with Crippen molar-refractivity contribution in [2.45, 2.75) is 64.6 Å². The van der Waals surface area contributed by atoms with Gasteiger partial charge in [0.1, 0.15) is 5.82 Å². The van der Waals surface area contributed by atoms with Crippen molar-refractivity contribution < 1.29 is 9.18 Å². The molecule has 0 bridgehead atoms. The van der Waals surface area contributed by atoms with E-state index in [4.69, 9.17) is 0 Å². The first kappa shape index (κ1) is 17.4. The van der Waals surface area contributed by atoms with Crippen molar-refractivity contribution in [3.8, 4) is 0 Å². The molecule has 0 spiro atoms. The predicted octanol–water partition coefficient (Wildman–Crippen LogP) is 4.00. The molecule has 3 nitrogen and oxygen atoms in total. The van der Waals surface area contributed by atoms with E-state index in [9.17, 15) is 9.18 Å². The highest BCUT2D eigenvalue weighted by Gasteiger charge is 2.41. The number of benzene rings is 1. The van der Waals surface area contributed by atoms with Gasteiger partial charge in [0.25, 0.3) is 0 Å². The Hall–Kier alpha value is -1.42. The maximum Gasteiger partial charge on any atom is 0.237 e. The van der Waals surface area contributed by atoms with Crippen molar-refractivity contribution in [3.05, 3.63) is 35.6 Å². The minimum atomic E-state index is -0.219. The quantitative estimate of drug-likeness (QED) is 0.718. The summed E-state index contributed by atoms with van der Waals surface area (Å²) in [6.45, 7) is 7.64. The van der Waals surface area contributed by atoms with Crippen LogP contribution in [-0.2, 0) is 4.79 Å². The molecule has 2 saturated carbocycles. The molecule has 1 aromatic carbocycles. The monoisotopic (exact) mass is 332 g/mol. The largest absolute Gasteiger partial charge is 0.336 e. The van der Waals surface area contributed by atoms with Gasteiger partial charge in [-0.15, -0.1) is 0 Å². The van der Waals surface area contributed by atoms with Crippen molar-refractivity contribution in [1.29, 1.82) is 0 Å². The first-order chi connectivity index (χ1) is 11.5. The van der Waals surface area contributed by atoms with E-state index in [1.165, 1.54) is 25.0 Å². The Bertz CT molecular complexity index is 566. The van der Waals surface area contributed by atoms with E-state index in [0.29, 0.717) is 24.5 Å². The zero-order valence-corrected chi connectivity index (χ0v) is 15.0. The molecule has 2 atom stereocenters. The number of halogens is 1. The number of hydrogen-bond donors (Lipinski definition) is 0. The normalized spacial score (nSPS) is 20.0. The molecule has 1 amide bonds. The van der Waals surface area contributed by atoms with Gasteiger partial charge in [-0.05, 0) is 69.7 Å². The van der Waals surface area contributed by atoms with Gasteiger partial charge in [-0.1, -0.05) is 19.1 Å². The first-order valence-electron chi connectivity index (χ1n) is 9.32. The first-order valence-corrected chi connectivity index (χ1v) is 9.32. The van der Waals surface area contributed by atoms with Crippen LogP contribution in [0.1, 0.15) is 58.1 Å². The van der Waals surface area contributed by atoms with Crippen molar-refractivity contribution in [2.75, 3.05) is 13.1 Å². The Labute approximate surface area is 144 Å². The van der Waals surface area contributed by atoms with Crippen molar-refractivity contribution in [1.82, 2.24) is 9.80 Å². The predicted molar refractivity (Wildman–Crippen MR) is 94.1 cm³/mol. The van der Waals surface area contributed by atoms with Crippen LogP contribution in [0.4, 0.5) is 4.39 Å². The lowest BCUT2D eigenvalue weighted by Crippen LogP contribution is -2.47. The van der Waals surface area contributed by atoms with Crippen LogP contribution in [0.5, 0.6) is 0 Å². The SMILES string of the molecule is CCN(CC(=O)N(C1CC1)C(C)C1CC1)C(C)c1ccc(F)cc1. The average Bonchev–Trinajstić information content (AvgIpc) is 3.45. The Balaban J connectivity index is 1.66. The molecular weight excluding hydrogens is 303 g/mol. The van der Waals surface area contributed by atoms with Crippen LogP contribution < -0.4 is 0 Å². The molecule has 2 aliphatic rings. The van der Waals surface area contributed by atoms with Gasteiger partial charge in [0.2, 0.25) is 5.91 Å². The van der Waals surface area contributed by atoms with Gasteiger partial charge in [0, 0.05) is 18.1 Å². The Morgan fingerprint density at radius 3 is 2.29 bits per heavy atom. The highest BCUT2D eigenvalue weighted by atomic mass is 19.1. The zero-order chi connectivity index (χ0) is 17.3. The minimum absolute atomic E-state index is 0.108. The fourth-order valence-corrected chi connectivity index (χ4v) is 3.65. The van der Waals surface area contributed by atoms with Crippen LogP contribution in [0.25, 0.3) is 0 Å². The van der Waals surface area contributed by atoms with Gasteiger partial charge in [0.15, 0.2) is 0 Å². The molecule has 1 aromatic rings. The van der Waals surface area contributed by atoms with Gasteiger partial charge in [-0.25, -0.2) is 4.39 Å². The van der Waals surface area contributed by atoms with Gasteiger partial charge < -0.3 is 4.90 Å². The number of likely N-dealkylation sites (N-methyl/N-ethyl adjacent to an activating group) is 1. The molecule has 24 heavy (non-hydrogen) atoms. The molecule has 3 rings (SSSR count). The van der Waals surface area contributed by atoms with E-state index in [1.807, 2.05) is 12.1 Å². The van der Waals surface area contributed by atoms with Gasteiger partial charge in [0.05, 0.1) is 6.54 Å². The maximum absolute atomic E-state index is 13.1. The number of hydrogen-bond acceptors (Lipinski definition) is 2. The topological polar surface area (TPSA) is 23.6 Å². The van der Waals surface area contributed by atoms with Crippen LogP contribution in [0.3, 0.4) is 0 Å². The number of carbonyl (C=O) groups is 1. The second kappa shape index (κ2) is 7.22. The molecular formula is C20H29FN2O. The van der Waals surface area contributed by atoms with Crippen LogP contribution in [-0.4, -0.2) is 40.9 Å². The third-order valence-corrected chi connectivity index (χ3v) is 5.62. The highest BCUT2D eigenvalue weighted by molar-refractivity contribution is 5.79. The molecule has 0 saturated heterocycles. The maximum atomic E-state index is 13.1. The molecule has 4 heteroatoms. The summed E-state index contributed by atoms with van der Waals surface area (Å²) in [4.78, 5) is 17.3. The lowest BCUT2D eigenvalue weighted by atomic mass is 10.1. The molecule has 2 unspecified atom stereocenters. The summed E-state index contributed by atoms with van der Waals surface area (Å²) in [5, 5.41) is 0. The van der Waals surface area contributed by atoms with E-state index < -0.39 is 0 Å². The number of rotatable bonds is 8. The van der Waals surface area contributed by atoms with Gasteiger partial charge >= 0.3 is 0 Å². The van der Waals surface area contributed by atoms with E-state index >= 15 is 0 Å². The summed E-state index contributed by atoms with van der Waals surface area (Å²) in [6, 6.07) is 7.58. The Kier molecular flexibility index (Phi) is 5.24. The molecule has 0 N–H and O–H groups in total. The fraction of sp³-hybridized carbons (Fsp3) is 0.650. The van der Waals surface area contributed by atoms with Crippen molar-refractivity contribution in [2.24, 2.45) is 5.92 Å². The fourth-order valence-electron chi connectivity index (χ4n) is 3.65. The summed E-state index contributed by atoms with van der Waals surface area (Å²) in [5.41, 5.74) is 1.05. The van der Waals surface area contributed by atoms with E-state index in [-0.39, 0.29) is 17.8 Å². The van der Waals surface area contributed by atoms with E-state index in [0.717, 1.165) is 24.9 Å². The summed E-state index contributed by atoms with van der Waals surface area (Å²) >= 11 is 0. The zero-order valence-electron chi connectivity index (χ0n) is 15.0. The number of nitrogens with zero attached hydrogens (tertiary/aromatic N) is 2.